The molecule has 1 aliphatic heterocycles. The maximum absolute atomic E-state index is 5.01. The second-order valence-electron chi connectivity index (χ2n) is 9.55. The number of pyridine rings is 1. The third-order valence-electron chi connectivity index (χ3n) is 6.91. The Kier molecular flexibility index (Phi) is 7.21. The molecule has 0 bridgehead atoms. The second kappa shape index (κ2) is 10.9. The number of anilines is 1. The first-order valence-corrected chi connectivity index (χ1v) is 13.1. The third-order valence-corrected chi connectivity index (χ3v) is 6.91. The lowest BCUT2D eigenvalue weighted by Gasteiger charge is -2.28. The van der Waals surface area contributed by atoms with E-state index in [9.17, 15) is 0 Å². The van der Waals surface area contributed by atoms with Crippen molar-refractivity contribution in [3.8, 4) is 11.5 Å². The average molecular weight is 494 g/mol. The molecular formula is C30H35N7. The number of imidazole rings is 1. The lowest BCUT2D eigenvalue weighted by molar-refractivity contribution is 0.578. The number of nitrogens with one attached hydrogen (secondary N) is 3. The van der Waals surface area contributed by atoms with Crippen molar-refractivity contribution in [2.75, 3.05) is 18.0 Å². The van der Waals surface area contributed by atoms with E-state index in [-0.39, 0.29) is 0 Å². The summed E-state index contributed by atoms with van der Waals surface area (Å²) >= 11 is 0. The van der Waals surface area contributed by atoms with E-state index in [2.05, 4.69) is 80.8 Å². The summed E-state index contributed by atoms with van der Waals surface area (Å²) in [7, 11) is 0. The fraction of sp³-hybridized carbons (Fsp3) is 0.300. The van der Waals surface area contributed by atoms with Crippen molar-refractivity contribution in [1.82, 2.24) is 30.5 Å². The van der Waals surface area contributed by atoms with Gasteiger partial charge < -0.3 is 15.2 Å². The molecule has 37 heavy (non-hydrogen) atoms. The summed E-state index contributed by atoms with van der Waals surface area (Å²) in [6.07, 6.45) is 15.5. The Bertz CT molecular complexity index is 1490. The number of H-pyrrole nitrogens is 2. The van der Waals surface area contributed by atoms with Gasteiger partial charge >= 0.3 is 0 Å². The van der Waals surface area contributed by atoms with Crippen molar-refractivity contribution in [1.29, 1.82) is 0 Å². The van der Waals surface area contributed by atoms with Crippen LogP contribution in [-0.2, 0) is 0 Å². The number of aromatic nitrogens is 5. The number of hydrogen-bond donors (Lipinski definition) is 3. The first kappa shape index (κ1) is 24.6. The lowest BCUT2D eigenvalue weighted by atomic mass is 10.0. The predicted molar refractivity (Wildman–Crippen MR) is 154 cm³/mol. The summed E-state index contributed by atoms with van der Waals surface area (Å²) < 4.78 is 0. The Morgan fingerprint density at radius 3 is 2.76 bits per heavy atom. The zero-order valence-corrected chi connectivity index (χ0v) is 21.8. The van der Waals surface area contributed by atoms with Gasteiger partial charge in [0.1, 0.15) is 11.2 Å². The van der Waals surface area contributed by atoms with Crippen molar-refractivity contribution < 1.29 is 0 Å². The number of fused-ring (bicyclic) bond motifs is 2. The maximum atomic E-state index is 5.01. The van der Waals surface area contributed by atoms with Crippen molar-refractivity contribution in [2.45, 2.75) is 46.0 Å². The monoisotopic (exact) mass is 493 g/mol. The summed E-state index contributed by atoms with van der Waals surface area (Å²) in [6.45, 7) is 14.4. The molecule has 1 aliphatic rings. The van der Waals surface area contributed by atoms with Crippen molar-refractivity contribution in [3.05, 3.63) is 78.9 Å². The van der Waals surface area contributed by atoms with Crippen molar-refractivity contribution in [3.63, 3.8) is 0 Å². The summed E-state index contributed by atoms with van der Waals surface area (Å²) in [5.41, 5.74) is 8.82. The number of nitrogens with zero attached hydrogens (tertiary/aromatic N) is 4. The molecule has 1 fully saturated rings. The van der Waals surface area contributed by atoms with Gasteiger partial charge in [0.25, 0.3) is 0 Å². The van der Waals surface area contributed by atoms with Gasteiger partial charge in [-0.2, -0.15) is 5.10 Å². The van der Waals surface area contributed by atoms with E-state index in [1.54, 1.807) is 0 Å². The van der Waals surface area contributed by atoms with Crippen LogP contribution in [-0.4, -0.2) is 38.2 Å². The molecule has 0 unspecified atom stereocenters. The van der Waals surface area contributed by atoms with E-state index in [4.69, 9.17) is 4.98 Å². The van der Waals surface area contributed by atoms with Crippen molar-refractivity contribution in [2.24, 2.45) is 0 Å². The molecule has 5 rings (SSSR count). The molecule has 0 aliphatic carbocycles. The highest BCUT2D eigenvalue weighted by atomic mass is 15.2. The fourth-order valence-corrected chi connectivity index (χ4v) is 4.99. The van der Waals surface area contributed by atoms with Gasteiger partial charge in [0.2, 0.25) is 0 Å². The molecule has 1 aromatic carbocycles. The quantitative estimate of drug-likeness (QED) is 0.222. The lowest BCUT2D eigenvalue weighted by Crippen LogP contribution is -2.29. The molecule has 1 saturated heterocycles. The number of rotatable bonds is 9. The average Bonchev–Trinajstić information content (AvgIpc) is 3.55. The first-order chi connectivity index (χ1) is 18.1. The van der Waals surface area contributed by atoms with Crippen LogP contribution in [0.2, 0.25) is 0 Å². The minimum atomic E-state index is 0.742. The van der Waals surface area contributed by atoms with E-state index in [0.717, 1.165) is 87.6 Å². The van der Waals surface area contributed by atoms with Crippen LogP contribution in [0.15, 0.2) is 73.4 Å². The molecule has 7 heteroatoms. The summed E-state index contributed by atoms with van der Waals surface area (Å²) in [4.78, 5) is 15.4. The summed E-state index contributed by atoms with van der Waals surface area (Å²) in [6, 6.07) is 6.34. The molecule has 0 amide bonds. The number of benzene rings is 1. The maximum Gasteiger partial charge on any atom is 0.159 e. The standard InChI is InChI=1S/C30H35N7/c1-5-11-20(4)32-23(7-3)16-21(6-2)22-12-13-25-24(17-22)28(36-35-25)30-33-26-18-31-19-27(29(26)34-30)37-14-9-8-10-15-37/h6-7,12-13,16-19,32H,3-5,8-11,14-15H2,1-2H3,(H,33,34)(H,35,36)/b21-6+,23-16+. The van der Waals surface area contributed by atoms with Gasteiger partial charge in [-0.3, -0.25) is 10.1 Å². The molecule has 0 saturated carbocycles. The smallest absolute Gasteiger partial charge is 0.159 e. The molecular weight excluding hydrogens is 458 g/mol. The van der Waals surface area contributed by atoms with Gasteiger partial charge in [-0.15, -0.1) is 0 Å². The molecule has 4 aromatic rings. The molecule has 190 valence electrons. The Hall–Kier alpha value is -4.13. The van der Waals surface area contributed by atoms with E-state index in [1.807, 2.05) is 25.4 Å². The Labute approximate surface area is 218 Å². The Balaban J connectivity index is 1.51. The largest absolute Gasteiger partial charge is 0.368 e. The van der Waals surface area contributed by atoms with E-state index >= 15 is 0 Å². The van der Waals surface area contributed by atoms with Gasteiger partial charge in [-0.25, -0.2) is 4.98 Å². The predicted octanol–water partition coefficient (Wildman–Crippen LogP) is 6.87. The Morgan fingerprint density at radius 2 is 2.00 bits per heavy atom. The van der Waals surface area contributed by atoms with Crippen LogP contribution < -0.4 is 10.2 Å². The Morgan fingerprint density at radius 1 is 1.16 bits per heavy atom. The molecule has 7 nitrogen and oxygen atoms in total. The van der Waals surface area contributed by atoms with Crippen LogP contribution in [0.25, 0.3) is 39.0 Å². The number of aromatic amines is 2. The fourth-order valence-electron chi connectivity index (χ4n) is 4.99. The van der Waals surface area contributed by atoms with Crippen LogP contribution in [0.5, 0.6) is 0 Å². The molecule has 3 aromatic heterocycles. The topological polar surface area (TPSA) is 85.5 Å². The van der Waals surface area contributed by atoms with Crippen LogP contribution in [0.3, 0.4) is 0 Å². The zero-order valence-electron chi connectivity index (χ0n) is 21.8. The highest BCUT2D eigenvalue weighted by Crippen LogP contribution is 2.32. The minimum Gasteiger partial charge on any atom is -0.368 e. The first-order valence-electron chi connectivity index (χ1n) is 13.1. The van der Waals surface area contributed by atoms with Gasteiger partial charge in [-0.05, 0) is 68.0 Å². The van der Waals surface area contributed by atoms with Gasteiger partial charge in [0, 0.05) is 29.9 Å². The zero-order chi connectivity index (χ0) is 25.8. The van der Waals surface area contributed by atoms with Crippen molar-refractivity contribution >= 4 is 33.2 Å². The van der Waals surface area contributed by atoms with Gasteiger partial charge in [-0.1, -0.05) is 38.6 Å². The summed E-state index contributed by atoms with van der Waals surface area (Å²) in [5.74, 6) is 0.742. The minimum absolute atomic E-state index is 0.742. The van der Waals surface area contributed by atoms with Gasteiger partial charge in [0.05, 0.1) is 29.1 Å². The molecule has 0 spiro atoms. The number of hydrogen-bond acceptors (Lipinski definition) is 5. The third kappa shape index (κ3) is 5.07. The second-order valence-corrected chi connectivity index (χ2v) is 9.55. The van der Waals surface area contributed by atoms with Crippen LogP contribution >= 0.6 is 0 Å². The summed E-state index contributed by atoms with van der Waals surface area (Å²) in [5, 5.41) is 12.2. The molecule has 0 atom stereocenters. The van der Waals surface area contributed by atoms with Crippen LogP contribution in [0.4, 0.5) is 5.69 Å². The molecule has 4 heterocycles. The van der Waals surface area contributed by atoms with Crippen LogP contribution in [0, 0.1) is 0 Å². The molecule has 0 radical (unpaired) electrons. The van der Waals surface area contributed by atoms with E-state index in [0.29, 0.717) is 0 Å². The number of piperidine rings is 1. The van der Waals surface area contributed by atoms with E-state index < -0.39 is 0 Å². The highest BCUT2D eigenvalue weighted by molar-refractivity contribution is 5.97. The van der Waals surface area contributed by atoms with E-state index in [1.165, 1.54) is 19.3 Å². The molecule has 3 N–H and O–H groups in total. The van der Waals surface area contributed by atoms with Gasteiger partial charge in [0.15, 0.2) is 5.82 Å². The number of allylic oxidation sites excluding steroid dienone is 5. The highest BCUT2D eigenvalue weighted by Gasteiger charge is 2.19. The normalized spacial score (nSPS) is 14.9. The SMILES string of the molecule is C=C/C(=C\C(=C/C)c1ccc2[nH]nc(-c3nc4c(N5CCCCC5)cncc4[nH]3)c2c1)NC(=C)CCC. The van der Waals surface area contributed by atoms with Crippen LogP contribution in [0.1, 0.15) is 51.5 Å².